The van der Waals surface area contributed by atoms with Gasteiger partial charge in [0.1, 0.15) is 5.15 Å². The van der Waals surface area contributed by atoms with Crippen molar-refractivity contribution in [2.24, 2.45) is 0 Å². The van der Waals surface area contributed by atoms with Crippen LogP contribution >= 0.6 is 11.6 Å². The van der Waals surface area contributed by atoms with Gasteiger partial charge in [0.05, 0.1) is 18.7 Å². The molecule has 19 heavy (non-hydrogen) atoms. The van der Waals surface area contributed by atoms with Crippen LogP contribution in [0.25, 0.3) is 11.1 Å². The first-order chi connectivity index (χ1) is 9.15. The predicted molar refractivity (Wildman–Crippen MR) is 73.6 cm³/mol. The number of hydrogen-bond donors (Lipinski definition) is 1. The Hall–Kier alpha value is -1.85. The molecule has 0 saturated heterocycles. The van der Waals surface area contributed by atoms with E-state index >= 15 is 0 Å². The van der Waals surface area contributed by atoms with E-state index in [1.54, 1.807) is 24.3 Å². The lowest BCUT2D eigenvalue weighted by Crippen LogP contribution is -2.37. The molecular weight excluding hydrogens is 268 g/mol. The first-order valence-electron chi connectivity index (χ1n) is 5.72. The maximum atomic E-state index is 12.3. The van der Waals surface area contributed by atoms with Crippen molar-refractivity contribution in [2.75, 3.05) is 13.7 Å². The van der Waals surface area contributed by atoms with Crippen LogP contribution in [0.5, 0.6) is 0 Å². The molecule has 2 aromatic rings. The highest BCUT2D eigenvalue weighted by Gasteiger charge is 2.14. The zero-order chi connectivity index (χ0) is 13.8. The minimum Gasteiger partial charge on any atom is -0.383 e. The molecule has 0 bridgehead atoms. The van der Waals surface area contributed by atoms with Gasteiger partial charge in [0.25, 0.3) is 5.56 Å². The molecule has 100 valence electrons. The summed E-state index contributed by atoms with van der Waals surface area (Å²) in [6, 6.07) is 8.97. The minimum atomic E-state index is -0.535. The van der Waals surface area contributed by atoms with E-state index in [1.165, 1.54) is 7.11 Å². The number of halogens is 1. The van der Waals surface area contributed by atoms with Crippen LogP contribution < -0.4 is 11.2 Å². The monoisotopic (exact) mass is 280 g/mol. The predicted octanol–water partition coefficient (Wildman–Crippen LogP) is 1.50. The molecule has 2 rings (SSSR count). The number of hydrogen-bond acceptors (Lipinski definition) is 3. The number of ether oxygens (including phenoxy) is 1. The first-order valence-corrected chi connectivity index (χ1v) is 6.10. The average molecular weight is 281 g/mol. The van der Waals surface area contributed by atoms with E-state index in [0.717, 1.165) is 4.57 Å². The summed E-state index contributed by atoms with van der Waals surface area (Å²) >= 11 is 5.98. The van der Waals surface area contributed by atoms with Crippen molar-refractivity contribution in [1.29, 1.82) is 0 Å². The lowest BCUT2D eigenvalue weighted by molar-refractivity contribution is 0.185. The van der Waals surface area contributed by atoms with Gasteiger partial charge in [0, 0.05) is 7.11 Å². The Balaban J connectivity index is 2.62. The van der Waals surface area contributed by atoms with E-state index < -0.39 is 11.2 Å². The van der Waals surface area contributed by atoms with Gasteiger partial charge in [-0.05, 0) is 5.56 Å². The number of benzene rings is 1. The van der Waals surface area contributed by atoms with Crippen molar-refractivity contribution >= 4 is 11.6 Å². The lowest BCUT2D eigenvalue weighted by Gasteiger charge is -2.08. The molecule has 0 radical (unpaired) electrons. The number of nitrogens with one attached hydrogen (secondary N) is 1. The fraction of sp³-hybridized carbons (Fsp3) is 0.231. The Morgan fingerprint density at radius 3 is 2.58 bits per heavy atom. The molecule has 0 amide bonds. The fourth-order valence-corrected chi connectivity index (χ4v) is 2.06. The molecule has 0 atom stereocenters. The van der Waals surface area contributed by atoms with Crippen LogP contribution in [-0.2, 0) is 11.3 Å². The zero-order valence-corrected chi connectivity index (χ0v) is 11.1. The van der Waals surface area contributed by atoms with Gasteiger partial charge in [-0.1, -0.05) is 41.9 Å². The van der Waals surface area contributed by atoms with Crippen molar-refractivity contribution in [3.63, 3.8) is 0 Å². The Labute approximate surface area is 114 Å². The molecule has 0 spiro atoms. The molecule has 0 aliphatic carbocycles. The normalized spacial score (nSPS) is 10.6. The maximum Gasteiger partial charge on any atom is 0.329 e. The third-order valence-electron chi connectivity index (χ3n) is 2.72. The molecule has 0 aliphatic rings. The van der Waals surface area contributed by atoms with Crippen LogP contribution in [0.4, 0.5) is 0 Å². The summed E-state index contributed by atoms with van der Waals surface area (Å²) in [6.07, 6.45) is 0. The highest BCUT2D eigenvalue weighted by atomic mass is 35.5. The average Bonchev–Trinajstić information content (AvgIpc) is 2.39. The van der Waals surface area contributed by atoms with Crippen LogP contribution in [0.15, 0.2) is 39.9 Å². The second-order valence-corrected chi connectivity index (χ2v) is 4.31. The minimum absolute atomic E-state index is 0.0508. The molecular formula is C13H13ClN2O3. The summed E-state index contributed by atoms with van der Waals surface area (Å²) in [5.41, 5.74) is 0.00150. The smallest absolute Gasteiger partial charge is 0.329 e. The Kier molecular flexibility index (Phi) is 4.19. The molecule has 5 nitrogen and oxygen atoms in total. The van der Waals surface area contributed by atoms with Crippen LogP contribution in [0, 0.1) is 0 Å². The maximum absolute atomic E-state index is 12.3. The quantitative estimate of drug-likeness (QED) is 0.864. The summed E-state index contributed by atoms with van der Waals surface area (Å²) in [5.74, 6) is 0. The summed E-state index contributed by atoms with van der Waals surface area (Å²) in [5, 5.41) is 0.0508. The topological polar surface area (TPSA) is 64.1 Å². The third kappa shape index (κ3) is 2.77. The highest BCUT2D eigenvalue weighted by Crippen LogP contribution is 2.20. The molecule has 1 N–H and O–H groups in total. The van der Waals surface area contributed by atoms with Gasteiger partial charge in [-0.2, -0.15) is 0 Å². The molecule has 0 aliphatic heterocycles. The first kappa shape index (κ1) is 13.6. The third-order valence-corrected chi connectivity index (χ3v) is 3.01. The number of aromatic amines is 1. The van der Waals surface area contributed by atoms with E-state index in [2.05, 4.69) is 4.98 Å². The van der Waals surface area contributed by atoms with Gasteiger partial charge >= 0.3 is 5.69 Å². The summed E-state index contributed by atoms with van der Waals surface area (Å²) in [6.45, 7) is 0.459. The second-order valence-electron chi connectivity index (χ2n) is 3.93. The molecule has 0 saturated carbocycles. The number of rotatable bonds is 4. The number of aromatic nitrogens is 2. The largest absolute Gasteiger partial charge is 0.383 e. The zero-order valence-electron chi connectivity index (χ0n) is 10.4. The Morgan fingerprint density at radius 2 is 1.95 bits per heavy atom. The van der Waals surface area contributed by atoms with Crippen molar-refractivity contribution in [3.8, 4) is 11.1 Å². The number of H-pyrrole nitrogens is 1. The molecule has 1 aromatic carbocycles. The van der Waals surface area contributed by atoms with Gasteiger partial charge in [-0.3, -0.25) is 14.3 Å². The molecule has 1 heterocycles. The van der Waals surface area contributed by atoms with Gasteiger partial charge in [-0.15, -0.1) is 0 Å². The van der Waals surface area contributed by atoms with E-state index in [0.29, 0.717) is 5.56 Å². The molecule has 0 fully saturated rings. The summed E-state index contributed by atoms with van der Waals surface area (Å²) in [7, 11) is 1.51. The molecule has 6 heteroatoms. The standard InChI is InChI=1S/C13H13ClN2O3/c1-19-8-7-16-12(17)10(11(14)15-13(16)18)9-5-3-2-4-6-9/h2-6H,7-8H2,1H3,(H,15,18). The molecule has 1 aromatic heterocycles. The van der Waals surface area contributed by atoms with Gasteiger partial charge in [0.15, 0.2) is 0 Å². The fourth-order valence-electron chi connectivity index (χ4n) is 1.79. The second kappa shape index (κ2) is 5.86. The van der Waals surface area contributed by atoms with Crippen molar-refractivity contribution < 1.29 is 4.74 Å². The van der Waals surface area contributed by atoms with Crippen LogP contribution in [0.3, 0.4) is 0 Å². The van der Waals surface area contributed by atoms with E-state index in [4.69, 9.17) is 16.3 Å². The lowest BCUT2D eigenvalue weighted by atomic mass is 10.1. The molecule has 0 unspecified atom stereocenters. The van der Waals surface area contributed by atoms with Crippen LogP contribution in [0.2, 0.25) is 5.15 Å². The van der Waals surface area contributed by atoms with E-state index in [1.807, 2.05) is 6.07 Å². The SMILES string of the molecule is COCCn1c(=O)[nH]c(Cl)c(-c2ccccc2)c1=O. The van der Waals surface area contributed by atoms with Crippen molar-refractivity contribution in [2.45, 2.75) is 6.54 Å². The summed E-state index contributed by atoms with van der Waals surface area (Å²) in [4.78, 5) is 26.5. The Morgan fingerprint density at radius 1 is 1.26 bits per heavy atom. The van der Waals surface area contributed by atoms with E-state index in [-0.39, 0.29) is 23.9 Å². The number of nitrogens with zero attached hydrogens (tertiary/aromatic N) is 1. The van der Waals surface area contributed by atoms with Gasteiger partial charge in [0.2, 0.25) is 0 Å². The van der Waals surface area contributed by atoms with Gasteiger partial charge in [-0.25, -0.2) is 4.79 Å². The van der Waals surface area contributed by atoms with E-state index in [9.17, 15) is 9.59 Å². The van der Waals surface area contributed by atoms with Crippen molar-refractivity contribution in [1.82, 2.24) is 9.55 Å². The van der Waals surface area contributed by atoms with Crippen LogP contribution in [-0.4, -0.2) is 23.3 Å². The van der Waals surface area contributed by atoms with Crippen LogP contribution in [0.1, 0.15) is 0 Å². The summed E-state index contributed by atoms with van der Waals surface area (Å²) < 4.78 is 5.97. The highest BCUT2D eigenvalue weighted by molar-refractivity contribution is 6.32. The number of methoxy groups -OCH3 is 1. The van der Waals surface area contributed by atoms with Gasteiger partial charge < -0.3 is 4.74 Å². The Bertz CT molecular complexity index is 677. The van der Waals surface area contributed by atoms with Crippen molar-refractivity contribution in [3.05, 3.63) is 56.3 Å².